The molecule has 0 amide bonds. The minimum atomic E-state index is -4.24. The summed E-state index contributed by atoms with van der Waals surface area (Å²) in [4.78, 5) is 15.4. The highest BCUT2D eigenvalue weighted by Gasteiger charge is 2.30. The quantitative estimate of drug-likeness (QED) is 0.184. The standard InChI is InChI=1S/C34H22ClFN2O4S2/c1-19-7-10-24(11-8-19)44(41,42)38-29-14-9-23(36)18-28(29)30(27-15-16-43-33(27)37-3)32(38)22-6-4-5-21(17-22)26-13-12-25(34(39)40)20(2)31(26)35/h4-18H,1-2H3,(H,39,40). The van der Waals surface area contributed by atoms with Gasteiger partial charge in [-0.15, -0.1) is 0 Å². The van der Waals surface area contributed by atoms with Gasteiger partial charge in [0.05, 0.1) is 33.3 Å². The molecule has 0 bridgehead atoms. The number of carboxylic acids is 1. The summed E-state index contributed by atoms with van der Waals surface area (Å²) < 4.78 is 45.0. The van der Waals surface area contributed by atoms with Crippen LogP contribution in [0.4, 0.5) is 9.39 Å². The Hall–Kier alpha value is -4.75. The summed E-state index contributed by atoms with van der Waals surface area (Å²) >= 11 is 7.88. The van der Waals surface area contributed by atoms with Crippen LogP contribution in [0.5, 0.6) is 0 Å². The van der Waals surface area contributed by atoms with E-state index in [1.54, 1.807) is 60.8 Å². The fourth-order valence-electron chi connectivity index (χ4n) is 5.39. The van der Waals surface area contributed by atoms with Crippen LogP contribution < -0.4 is 0 Å². The van der Waals surface area contributed by atoms with Gasteiger partial charge >= 0.3 is 5.97 Å². The largest absolute Gasteiger partial charge is 0.478 e. The molecule has 2 aromatic heterocycles. The van der Waals surface area contributed by atoms with Gasteiger partial charge in [-0.05, 0) is 72.8 Å². The Morgan fingerprint density at radius 2 is 1.68 bits per heavy atom. The smallest absolute Gasteiger partial charge is 0.336 e. The molecule has 6 nitrogen and oxygen atoms in total. The highest BCUT2D eigenvalue weighted by molar-refractivity contribution is 7.90. The summed E-state index contributed by atoms with van der Waals surface area (Å²) in [6.45, 7) is 11.3. The molecule has 0 unspecified atom stereocenters. The Labute approximate surface area is 262 Å². The first kappa shape index (κ1) is 29.3. The third-order valence-corrected chi connectivity index (χ3v) is 10.5. The Kier molecular flexibility index (Phi) is 7.38. The molecule has 2 heterocycles. The van der Waals surface area contributed by atoms with Crippen molar-refractivity contribution in [1.82, 2.24) is 3.97 Å². The van der Waals surface area contributed by atoms with Crippen LogP contribution in [0.3, 0.4) is 0 Å². The third-order valence-electron chi connectivity index (χ3n) is 7.53. The van der Waals surface area contributed by atoms with E-state index in [2.05, 4.69) is 4.85 Å². The minimum Gasteiger partial charge on any atom is -0.478 e. The highest BCUT2D eigenvalue weighted by Crippen LogP contribution is 2.48. The van der Waals surface area contributed by atoms with Crippen molar-refractivity contribution in [2.24, 2.45) is 0 Å². The molecular weight excluding hydrogens is 619 g/mol. The second kappa shape index (κ2) is 11.1. The lowest BCUT2D eigenvalue weighted by Gasteiger charge is -2.16. The summed E-state index contributed by atoms with van der Waals surface area (Å²) in [7, 11) is -4.24. The molecule has 0 atom stereocenters. The average molecular weight is 641 g/mol. The maximum Gasteiger partial charge on any atom is 0.336 e. The molecule has 0 saturated heterocycles. The number of benzene rings is 4. The number of carboxylic acid groups (broad SMARTS) is 1. The van der Waals surface area contributed by atoms with Crippen LogP contribution in [0.25, 0.3) is 49.3 Å². The number of halogens is 2. The molecule has 0 aliphatic rings. The Morgan fingerprint density at radius 1 is 0.955 bits per heavy atom. The van der Waals surface area contributed by atoms with Gasteiger partial charge in [0, 0.05) is 27.6 Å². The predicted octanol–water partition coefficient (Wildman–Crippen LogP) is 9.60. The van der Waals surface area contributed by atoms with Crippen molar-refractivity contribution in [3.63, 3.8) is 0 Å². The summed E-state index contributed by atoms with van der Waals surface area (Å²) in [5.74, 6) is -1.65. The van der Waals surface area contributed by atoms with E-state index in [0.717, 1.165) is 5.56 Å². The average Bonchev–Trinajstić information content (AvgIpc) is 3.60. The number of thiophene rings is 1. The van der Waals surface area contributed by atoms with Crippen LogP contribution in [0.1, 0.15) is 21.5 Å². The first-order chi connectivity index (χ1) is 21.0. The second-order valence-corrected chi connectivity index (χ2v) is 13.3. The van der Waals surface area contributed by atoms with Crippen molar-refractivity contribution in [2.75, 3.05) is 0 Å². The number of carbonyl (C=O) groups is 1. The molecule has 10 heteroatoms. The van der Waals surface area contributed by atoms with Crippen LogP contribution in [-0.2, 0) is 10.0 Å². The van der Waals surface area contributed by atoms with Gasteiger partial charge < -0.3 is 5.11 Å². The molecule has 0 aliphatic carbocycles. The molecule has 0 radical (unpaired) electrons. The number of rotatable bonds is 6. The first-order valence-electron chi connectivity index (χ1n) is 13.3. The van der Waals surface area contributed by atoms with E-state index >= 15 is 0 Å². The van der Waals surface area contributed by atoms with Gasteiger partial charge in [0.25, 0.3) is 10.0 Å². The molecule has 1 N–H and O–H groups in total. The zero-order valence-corrected chi connectivity index (χ0v) is 25.7. The summed E-state index contributed by atoms with van der Waals surface area (Å²) in [5, 5.41) is 12.2. The van der Waals surface area contributed by atoms with Crippen LogP contribution in [0.2, 0.25) is 5.02 Å². The van der Waals surface area contributed by atoms with Crippen LogP contribution >= 0.6 is 22.9 Å². The molecule has 0 fully saturated rings. The molecule has 0 saturated carbocycles. The van der Waals surface area contributed by atoms with Gasteiger partial charge in [-0.2, -0.15) is 11.3 Å². The van der Waals surface area contributed by atoms with Gasteiger partial charge in [-0.3, -0.25) is 0 Å². The lowest BCUT2D eigenvalue weighted by atomic mass is 9.95. The Bertz CT molecular complexity index is 2280. The number of aryl methyl sites for hydroxylation is 1. The van der Waals surface area contributed by atoms with Gasteiger partial charge in [-0.25, -0.2) is 26.4 Å². The van der Waals surface area contributed by atoms with E-state index in [9.17, 15) is 22.7 Å². The van der Waals surface area contributed by atoms with Crippen LogP contribution in [0.15, 0.2) is 95.2 Å². The zero-order chi connectivity index (χ0) is 31.3. The fourth-order valence-corrected chi connectivity index (χ4v) is 7.89. The van der Waals surface area contributed by atoms with E-state index < -0.39 is 21.8 Å². The third kappa shape index (κ3) is 4.77. The minimum absolute atomic E-state index is 0.0481. The maximum atomic E-state index is 14.8. The number of hydrogen-bond acceptors (Lipinski definition) is 4. The zero-order valence-electron chi connectivity index (χ0n) is 23.3. The predicted molar refractivity (Wildman–Crippen MR) is 173 cm³/mol. The molecule has 6 aromatic rings. The molecule has 0 aliphatic heterocycles. The number of nitrogens with zero attached hydrogens (tertiary/aromatic N) is 2. The van der Waals surface area contributed by atoms with Crippen molar-refractivity contribution >= 4 is 54.8 Å². The van der Waals surface area contributed by atoms with Crippen LogP contribution in [-0.4, -0.2) is 23.5 Å². The van der Waals surface area contributed by atoms with Crippen molar-refractivity contribution < 1.29 is 22.7 Å². The molecular formula is C34H22ClFN2O4S2. The second-order valence-electron chi connectivity index (χ2n) is 10.2. The Morgan fingerprint density at radius 3 is 2.39 bits per heavy atom. The summed E-state index contributed by atoms with van der Waals surface area (Å²) in [6, 6.07) is 22.3. The highest BCUT2D eigenvalue weighted by atomic mass is 35.5. The molecule has 44 heavy (non-hydrogen) atoms. The number of hydrogen-bond donors (Lipinski definition) is 1. The summed E-state index contributed by atoms with van der Waals surface area (Å²) in [5.41, 5.74) is 4.41. The lowest BCUT2D eigenvalue weighted by Crippen LogP contribution is -2.14. The lowest BCUT2D eigenvalue weighted by molar-refractivity contribution is 0.0696. The van der Waals surface area contributed by atoms with Gasteiger partial charge in [-0.1, -0.05) is 59.6 Å². The van der Waals surface area contributed by atoms with Crippen molar-refractivity contribution in [3.05, 3.63) is 129 Å². The number of aromatic carboxylic acids is 1. The first-order valence-corrected chi connectivity index (χ1v) is 16.0. The van der Waals surface area contributed by atoms with E-state index in [1.807, 2.05) is 6.92 Å². The van der Waals surface area contributed by atoms with Crippen LogP contribution in [0, 0.1) is 26.2 Å². The van der Waals surface area contributed by atoms with E-state index in [4.69, 9.17) is 18.2 Å². The van der Waals surface area contributed by atoms with E-state index in [-0.39, 0.29) is 26.7 Å². The van der Waals surface area contributed by atoms with E-state index in [1.165, 1.54) is 51.7 Å². The fraction of sp³-hybridized carbons (Fsp3) is 0.0588. The molecule has 6 rings (SSSR count). The molecule has 218 valence electrons. The normalized spacial score (nSPS) is 11.5. The summed E-state index contributed by atoms with van der Waals surface area (Å²) in [6.07, 6.45) is 0. The monoisotopic (exact) mass is 640 g/mol. The molecule has 0 spiro atoms. The number of aromatic nitrogens is 1. The SMILES string of the molecule is [C-]#[N+]c1sccc1-c1c(-c2cccc(-c3ccc(C(=O)O)c(C)c3Cl)c2)n(S(=O)(=O)c2ccc(C)cc2)c2ccc(F)cc12. The van der Waals surface area contributed by atoms with Crippen molar-refractivity contribution in [2.45, 2.75) is 18.7 Å². The maximum absolute atomic E-state index is 14.8. The van der Waals surface area contributed by atoms with Gasteiger partial charge in [0.1, 0.15) is 5.82 Å². The van der Waals surface area contributed by atoms with Gasteiger partial charge in [0.15, 0.2) is 0 Å². The van der Waals surface area contributed by atoms with E-state index in [0.29, 0.717) is 43.8 Å². The topological polar surface area (TPSA) is 80.7 Å². The number of fused-ring (bicyclic) bond motifs is 1. The van der Waals surface area contributed by atoms with Gasteiger partial charge in [0.2, 0.25) is 5.00 Å². The van der Waals surface area contributed by atoms with Crippen molar-refractivity contribution in [1.29, 1.82) is 0 Å². The van der Waals surface area contributed by atoms with Crippen molar-refractivity contribution in [3.8, 4) is 33.5 Å². The Balaban J connectivity index is 1.73. The molecule has 4 aromatic carbocycles.